The summed E-state index contributed by atoms with van der Waals surface area (Å²) >= 11 is 0. The van der Waals surface area contributed by atoms with Gasteiger partial charge in [0, 0.05) is 0 Å². The summed E-state index contributed by atoms with van der Waals surface area (Å²) in [5.74, 6) is 0.0228. The van der Waals surface area contributed by atoms with Gasteiger partial charge in [0.05, 0.1) is 6.10 Å². The second-order valence-electron chi connectivity index (χ2n) is 3.69. The lowest BCUT2D eigenvalue weighted by Crippen LogP contribution is -2.11. The first-order valence-electron chi connectivity index (χ1n) is 5.32. The van der Waals surface area contributed by atoms with E-state index in [2.05, 4.69) is 6.92 Å². The van der Waals surface area contributed by atoms with Crippen molar-refractivity contribution in [3.05, 3.63) is 18.2 Å². The normalized spacial score (nSPS) is 12.4. The molecule has 15 heavy (non-hydrogen) atoms. The van der Waals surface area contributed by atoms with Crippen LogP contribution in [0.2, 0.25) is 0 Å². The van der Waals surface area contributed by atoms with Gasteiger partial charge < -0.3 is 14.9 Å². The van der Waals surface area contributed by atoms with Gasteiger partial charge >= 0.3 is 0 Å². The molecule has 0 spiro atoms. The highest BCUT2D eigenvalue weighted by atomic mass is 16.5. The monoisotopic (exact) mass is 210 g/mol. The molecule has 0 fully saturated rings. The van der Waals surface area contributed by atoms with Gasteiger partial charge in [-0.05, 0) is 25.5 Å². The Morgan fingerprint density at radius 1 is 1.33 bits per heavy atom. The number of para-hydroxylation sites is 1. The number of phenolic OH excluding ortho intramolecular Hbond substituents is 2. The van der Waals surface area contributed by atoms with Crippen LogP contribution in [0.3, 0.4) is 0 Å². The van der Waals surface area contributed by atoms with E-state index in [4.69, 9.17) is 4.74 Å². The zero-order valence-electron chi connectivity index (χ0n) is 9.23. The molecule has 3 heteroatoms. The lowest BCUT2D eigenvalue weighted by atomic mass is 10.2. The molecule has 0 aliphatic rings. The number of phenols is 2. The average Bonchev–Trinajstić information content (AvgIpc) is 2.22. The second-order valence-corrected chi connectivity index (χ2v) is 3.69. The summed E-state index contributed by atoms with van der Waals surface area (Å²) in [6.45, 7) is 4.08. The summed E-state index contributed by atoms with van der Waals surface area (Å²) in [5, 5.41) is 18.8. The Morgan fingerprint density at radius 2 is 2.07 bits per heavy atom. The molecule has 1 unspecified atom stereocenters. The number of unbranched alkanes of at least 4 members (excludes halogenated alkanes) is 1. The van der Waals surface area contributed by atoms with Crippen molar-refractivity contribution in [2.75, 3.05) is 0 Å². The number of benzene rings is 1. The number of ether oxygens (including phenoxy) is 1. The van der Waals surface area contributed by atoms with Crippen molar-refractivity contribution in [3.8, 4) is 17.2 Å². The molecular formula is C12H18O3. The molecule has 0 radical (unpaired) electrons. The number of rotatable bonds is 5. The fourth-order valence-electron chi connectivity index (χ4n) is 1.37. The lowest BCUT2D eigenvalue weighted by Gasteiger charge is -2.15. The van der Waals surface area contributed by atoms with E-state index >= 15 is 0 Å². The van der Waals surface area contributed by atoms with Gasteiger partial charge in [-0.15, -0.1) is 0 Å². The Morgan fingerprint density at radius 3 is 2.73 bits per heavy atom. The molecule has 2 N–H and O–H groups in total. The first-order chi connectivity index (χ1) is 7.15. The number of hydrogen-bond donors (Lipinski definition) is 2. The van der Waals surface area contributed by atoms with E-state index in [0.717, 1.165) is 19.3 Å². The van der Waals surface area contributed by atoms with Gasteiger partial charge in [-0.2, -0.15) is 0 Å². The third kappa shape index (κ3) is 3.35. The van der Waals surface area contributed by atoms with Crippen LogP contribution in [-0.2, 0) is 0 Å². The molecule has 1 aromatic rings. The van der Waals surface area contributed by atoms with Gasteiger partial charge in [-0.25, -0.2) is 0 Å². The van der Waals surface area contributed by atoms with Gasteiger partial charge in [0.15, 0.2) is 11.5 Å². The zero-order chi connectivity index (χ0) is 11.3. The van der Waals surface area contributed by atoms with Crippen molar-refractivity contribution in [3.63, 3.8) is 0 Å². The molecule has 0 aliphatic carbocycles. The molecule has 0 amide bonds. The maximum absolute atomic E-state index is 9.50. The van der Waals surface area contributed by atoms with E-state index in [-0.39, 0.29) is 17.6 Å². The lowest BCUT2D eigenvalue weighted by molar-refractivity contribution is 0.198. The van der Waals surface area contributed by atoms with E-state index in [1.165, 1.54) is 6.07 Å². The Bertz CT molecular complexity index is 310. The first-order valence-corrected chi connectivity index (χ1v) is 5.32. The van der Waals surface area contributed by atoms with E-state index < -0.39 is 0 Å². The molecule has 1 aromatic carbocycles. The zero-order valence-corrected chi connectivity index (χ0v) is 9.23. The largest absolute Gasteiger partial charge is 0.504 e. The number of hydrogen-bond acceptors (Lipinski definition) is 3. The van der Waals surface area contributed by atoms with E-state index in [1.54, 1.807) is 12.1 Å². The summed E-state index contributed by atoms with van der Waals surface area (Å²) in [6.07, 6.45) is 3.23. The van der Waals surface area contributed by atoms with Crippen LogP contribution < -0.4 is 4.74 Å². The molecular weight excluding hydrogens is 192 g/mol. The quantitative estimate of drug-likeness (QED) is 0.734. The molecule has 0 aliphatic heterocycles. The Labute approximate surface area is 90.3 Å². The van der Waals surface area contributed by atoms with Crippen LogP contribution in [0.15, 0.2) is 18.2 Å². The summed E-state index contributed by atoms with van der Waals surface area (Å²) in [6, 6.07) is 4.73. The van der Waals surface area contributed by atoms with Crippen molar-refractivity contribution < 1.29 is 14.9 Å². The summed E-state index contributed by atoms with van der Waals surface area (Å²) in [7, 11) is 0. The minimum atomic E-state index is -0.180. The van der Waals surface area contributed by atoms with Crippen LogP contribution in [-0.4, -0.2) is 16.3 Å². The van der Waals surface area contributed by atoms with Crippen LogP contribution in [0.4, 0.5) is 0 Å². The van der Waals surface area contributed by atoms with Gasteiger partial charge in [-0.1, -0.05) is 25.8 Å². The summed E-state index contributed by atoms with van der Waals surface area (Å²) in [4.78, 5) is 0. The van der Waals surface area contributed by atoms with E-state index in [1.807, 2.05) is 6.92 Å². The standard InChI is InChI=1S/C12H18O3/c1-3-4-6-9(2)15-11-8-5-7-10(13)12(11)14/h5,7-9,13-14H,3-4,6H2,1-2H3. The fourth-order valence-corrected chi connectivity index (χ4v) is 1.37. The molecule has 84 valence electrons. The topological polar surface area (TPSA) is 49.7 Å². The van der Waals surface area contributed by atoms with Crippen molar-refractivity contribution in [2.45, 2.75) is 39.2 Å². The van der Waals surface area contributed by atoms with Crippen LogP contribution >= 0.6 is 0 Å². The molecule has 0 saturated heterocycles. The number of aromatic hydroxyl groups is 2. The predicted molar refractivity (Wildman–Crippen MR) is 59.4 cm³/mol. The minimum absolute atomic E-state index is 0.0534. The van der Waals surface area contributed by atoms with Crippen molar-refractivity contribution in [1.82, 2.24) is 0 Å². The maximum Gasteiger partial charge on any atom is 0.200 e. The maximum atomic E-state index is 9.50. The van der Waals surface area contributed by atoms with Crippen LogP contribution in [0.5, 0.6) is 17.2 Å². The molecule has 0 aromatic heterocycles. The van der Waals surface area contributed by atoms with Gasteiger partial charge in [-0.3, -0.25) is 0 Å². The average molecular weight is 210 g/mol. The van der Waals surface area contributed by atoms with Gasteiger partial charge in [0.2, 0.25) is 5.75 Å². The second kappa shape index (κ2) is 5.49. The van der Waals surface area contributed by atoms with Crippen molar-refractivity contribution in [1.29, 1.82) is 0 Å². The third-order valence-electron chi connectivity index (χ3n) is 2.27. The highest BCUT2D eigenvalue weighted by molar-refractivity contribution is 5.48. The van der Waals surface area contributed by atoms with E-state index in [0.29, 0.717) is 5.75 Å². The smallest absolute Gasteiger partial charge is 0.200 e. The molecule has 3 nitrogen and oxygen atoms in total. The van der Waals surface area contributed by atoms with Crippen LogP contribution in [0.1, 0.15) is 33.1 Å². The van der Waals surface area contributed by atoms with Crippen LogP contribution in [0, 0.1) is 0 Å². The molecule has 0 saturated carbocycles. The minimum Gasteiger partial charge on any atom is -0.504 e. The Balaban J connectivity index is 2.60. The first kappa shape index (κ1) is 11.7. The predicted octanol–water partition coefficient (Wildman–Crippen LogP) is 3.06. The highest BCUT2D eigenvalue weighted by Gasteiger charge is 2.10. The third-order valence-corrected chi connectivity index (χ3v) is 2.27. The molecule has 0 bridgehead atoms. The molecule has 0 heterocycles. The van der Waals surface area contributed by atoms with Crippen LogP contribution in [0.25, 0.3) is 0 Å². The SMILES string of the molecule is CCCCC(C)Oc1cccc(O)c1O. The molecule has 1 atom stereocenters. The molecule has 1 rings (SSSR count). The fraction of sp³-hybridized carbons (Fsp3) is 0.500. The van der Waals surface area contributed by atoms with Gasteiger partial charge in [0.1, 0.15) is 0 Å². The van der Waals surface area contributed by atoms with Crippen molar-refractivity contribution >= 4 is 0 Å². The van der Waals surface area contributed by atoms with Gasteiger partial charge in [0.25, 0.3) is 0 Å². The summed E-state index contributed by atoms with van der Waals surface area (Å²) in [5.41, 5.74) is 0. The summed E-state index contributed by atoms with van der Waals surface area (Å²) < 4.78 is 5.52. The highest BCUT2D eigenvalue weighted by Crippen LogP contribution is 2.35. The Kier molecular flexibility index (Phi) is 4.28. The van der Waals surface area contributed by atoms with Crippen molar-refractivity contribution in [2.24, 2.45) is 0 Å². The van der Waals surface area contributed by atoms with E-state index in [9.17, 15) is 10.2 Å². The Hall–Kier alpha value is -1.38.